The first-order valence-electron chi connectivity index (χ1n) is 8.72. The van der Waals surface area contributed by atoms with Crippen LogP contribution in [0.5, 0.6) is 23.0 Å². The second-order valence-corrected chi connectivity index (χ2v) is 6.57. The van der Waals surface area contributed by atoms with Crippen LogP contribution in [0.15, 0.2) is 42.0 Å². The molecule has 2 aromatic carbocycles. The second kappa shape index (κ2) is 6.87. The summed E-state index contributed by atoms with van der Waals surface area (Å²) in [5, 5.41) is 0. The lowest BCUT2D eigenvalue weighted by Crippen LogP contribution is -2.21. The molecule has 0 saturated heterocycles. The Bertz CT molecular complexity index is 915. The topological polar surface area (TPSA) is 63.2 Å². The van der Waals surface area contributed by atoms with Gasteiger partial charge in [0.15, 0.2) is 17.6 Å². The van der Waals surface area contributed by atoms with Crippen molar-refractivity contribution in [2.75, 3.05) is 13.9 Å². The van der Waals surface area contributed by atoms with Crippen molar-refractivity contribution in [1.82, 2.24) is 0 Å². The molecule has 2 heterocycles. The van der Waals surface area contributed by atoms with Crippen LogP contribution in [0, 0.1) is 0 Å². The zero-order valence-corrected chi connectivity index (χ0v) is 15.4. The maximum Gasteiger partial charge on any atom is 0.337 e. The van der Waals surface area contributed by atoms with Crippen molar-refractivity contribution in [2.24, 2.45) is 0 Å². The van der Waals surface area contributed by atoms with Crippen LogP contribution in [0.3, 0.4) is 0 Å². The minimum absolute atomic E-state index is 0.0537. The maximum atomic E-state index is 12.4. The summed E-state index contributed by atoms with van der Waals surface area (Å²) in [6, 6.07) is 11.0. The minimum Gasteiger partial charge on any atom is -0.491 e. The summed E-state index contributed by atoms with van der Waals surface area (Å²) in [5.74, 6) is 2.25. The predicted octanol–water partition coefficient (Wildman–Crippen LogP) is 3.89. The van der Waals surface area contributed by atoms with E-state index < -0.39 is 12.1 Å². The molecule has 0 fully saturated rings. The molecule has 140 valence electrons. The van der Waals surface area contributed by atoms with E-state index in [1.807, 2.05) is 50.2 Å². The van der Waals surface area contributed by atoms with Crippen molar-refractivity contribution in [3.63, 3.8) is 0 Å². The summed E-state index contributed by atoms with van der Waals surface area (Å²) < 4.78 is 27.7. The van der Waals surface area contributed by atoms with Gasteiger partial charge in [-0.1, -0.05) is 6.07 Å². The highest BCUT2D eigenvalue weighted by molar-refractivity contribution is 5.96. The van der Waals surface area contributed by atoms with Crippen LogP contribution in [0.1, 0.15) is 31.1 Å². The van der Waals surface area contributed by atoms with Crippen LogP contribution >= 0.6 is 0 Å². The molecule has 0 saturated carbocycles. The lowest BCUT2D eigenvalue weighted by Gasteiger charge is -2.27. The van der Waals surface area contributed by atoms with E-state index >= 15 is 0 Å². The summed E-state index contributed by atoms with van der Waals surface area (Å²) in [5.41, 5.74) is 1.96. The lowest BCUT2D eigenvalue weighted by atomic mass is 9.95. The normalized spacial score (nSPS) is 17.0. The molecule has 6 heteroatoms. The van der Waals surface area contributed by atoms with Gasteiger partial charge in [-0.05, 0) is 50.3 Å². The Hall–Kier alpha value is -3.15. The maximum absolute atomic E-state index is 12.4. The molecule has 2 aliphatic rings. The molecule has 27 heavy (non-hydrogen) atoms. The van der Waals surface area contributed by atoms with Crippen LogP contribution in [0.25, 0.3) is 6.08 Å². The molecule has 0 aliphatic carbocycles. The fourth-order valence-corrected chi connectivity index (χ4v) is 3.13. The molecule has 4 rings (SSSR count). The molecule has 0 radical (unpaired) electrons. The van der Waals surface area contributed by atoms with Crippen LogP contribution < -0.4 is 18.9 Å². The first-order valence-corrected chi connectivity index (χ1v) is 8.72. The van der Waals surface area contributed by atoms with Gasteiger partial charge in [0.25, 0.3) is 0 Å². The Morgan fingerprint density at radius 2 is 1.85 bits per heavy atom. The number of carbonyl (C=O) groups is 1. The molecule has 0 bridgehead atoms. The monoisotopic (exact) mass is 368 g/mol. The standard InChI is InChI=1S/C21H20O6/c1-12(2)26-15-5-7-17-14(8-15)9-16(21(22)23-3)20(27-17)13-4-6-18-19(10-13)25-11-24-18/h4-10,12,20H,11H2,1-3H3. The zero-order chi connectivity index (χ0) is 19.0. The van der Waals surface area contributed by atoms with Crippen molar-refractivity contribution in [1.29, 1.82) is 0 Å². The summed E-state index contributed by atoms with van der Waals surface area (Å²) in [6.07, 6.45) is 1.24. The van der Waals surface area contributed by atoms with Crippen LogP contribution in [-0.4, -0.2) is 26.0 Å². The predicted molar refractivity (Wildman–Crippen MR) is 98.1 cm³/mol. The van der Waals surface area contributed by atoms with E-state index in [0.717, 1.165) is 11.1 Å². The molecule has 2 aromatic rings. The Morgan fingerprint density at radius 1 is 1.07 bits per heavy atom. The average Bonchev–Trinajstić information content (AvgIpc) is 3.13. The lowest BCUT2D eigenvalue weighted by molar-refractivity contribution is -0.137. The Balaban J connectivity index is 1.73. The van der Waals surface area contributed by atoms with E-state index in [-0.39, 0.29) is 12.9 Å². The molecule has 0 N–H and O–H groups in total. The number of benzene rings is 2. The van der Waals surface area contributed by atoms with E-state index in [2.05, 4.69) is 0 Å². The van der Waals surface area contributed by atoms with E-state index in [9.17, 15) is 4.79 Å². The van der Waals surface area contributed by atoms with Gasteiger partial charge in [-0.15, -0.1) is 0 Å². The fraction of sp³-hybridized carbons (Fsp3) is 0.286. The van der Waals surface area contributed by atoms with Gasteiger partial charge in [0.1, 0.15) is 11.5 Å². The molecule has 0 amide bonds. The number of methoxy groups -OCH3 is 1. The molecule has 2 aliphatic heterocycles. The van der Waals surface area contributed by atoms with Crippen LogP contribution in [0.2, 0.25) is 0 Å². The van der Waals surface area contributed by atoms with E-state index in [1.54, 1.807) is 6.08 Å². The van der Waals surface area contributed by atoms with Gasteiger partial charge in [-0.2, -0.15) is 0 Å². The summed E-state index contributed by atoms with van der Waals surface area (Å²) in [6.45, 7) is 4.11. The van der Waals surface area contributed by atoms with E-state index in [1.165, 1.54) is 7.11 Å². The Kier molecular flexibility index (Phi) is 4.39. The van der Waals surface area contributed by atoms with Gasteiger partial charge in [0.05, 0.1) is 18.8 Å². The minimum atomic E-state index is -0.601. The first-order chi connectivity index (χ1) is 13.0. The quantitative estimate of drug-likeness (QED) is 0.763. The van der Waals surface area contributed by atoms with E-state index in [4.69, 9.17) is 23.7 Å². The van der Waals surface area contributed by atoms with Crippen molar-refractivity contribution >= 4 is 12.0 Å². The highest BCUT2D eigenvalue weighted by atomic mass is 16.7. The number of hydrogen-bond donors (Lipinski definition) is 0. The van der Waals surface area contributed by atoms with Crippen molar-refractivity contribution in [2.45, 2.75) is 26.1 Å². The molecule has 0 aromatic heterocycles. The first kappa shape index (κ1) is 17.3. The third-order valence-electron chi connectivity index (χ3n) is 4.31. The summed E-state index contributed by atoms with van der Waals surface area (Å²) >= 11 is 0. The Labute approximate surface area is 157 Å². The molecule has 1 atom stereocenters. The van der Waals surface area contributed by atoms with Crippen LogP contribution in [0.4, 0.5) is 0 Å². The van der Waals surface area contributed by atoms with Crippen molar-refractivity contribution in [3.05, 3.63) is 53.1 Å². The molecular weight excluding hydrogens is 348 g/mol. The highest BCUT2D eigenvalue weighted by Crippen LogP contribution is 2.42. The van der Waals surface area contributed by atoms with Crippen molar-refractivity contribution in [3.8, 4) is 23.0 Å². The smallest absolute Gasteiger partial charge is 0.337 e. The number of rotatable bonds is 4. The molecule has 6 nitrogen and oxygen atoms in total. The van der Waals surface area contributed by atoms with Gasteiger partial charge in [-0.3, -0.25) is 0 Å². The van der Waals surface area contributed by atoms with Gasteiger partial charge in [0.2, 0.25) is 6.79 Å². The number of hydrogen-bond acceptors (Lipinski definition) is 6. The number of esters is 1. The van der Waals surface area contributed by atoms with Gasteiger partial charge >= 0.3 is 5.97 Å². The zero-order valence-electron chi connectivity index (χ0n) is 15.4. The summed E-state index contributed by atoms with van der Waals surface area (Å²) in [4.78, 5) is 12.4. The van der Waals surface area contributed by atoms with Crippen LogP contribution in [-0.2, 0) is 9.53 Å². The number of ether oxygens (including phenoxy) is 5. The Morgan fingerprint density at radius 3 is 2.63 bits per heavy atom. The van der Waals surface area contributed by atoms with Gasteiger partial charge < -0.3 is 23.7 Å². The third kappa shape index (κ3) is 3.30. The second-order valence-electron chi connectivity index (χ2n) is 6.57. The fourth-order valence-electron chi connectivity index (χ4n) is 3.13. The number of carbonyl (C=O) groups excluding carboxylic acids is 1. The average molecular weight is 368 g/mol. The molecular formula is C21H20O6. The van der Waals surface area contributed by atoms with Crippen molar-refractivity contribution < 1.29 is 28.5 Å². The number of fused-ring (bicyclic) bond motifs is 2. The molecule has 1 unspecified atom stereocenters. The largest absolute Gasteiger partial charge is 0.491 e. The summed E-state index contributed by atoms with van der Waals surface area (Å²) in [7, 11) is 1.35. The SMILES string of the molecule is COC(=O)C1=Cc2cc(OC(C)C)ccc2OC1c1ccc2c(c1)OCO2. The van der Waals surface area contributed by atoms with E-state index in [0.29, 0.717) is 28.6 Å². The highest BCUT2D eigenvalue weighted by Gasteiger charge is 2.31. The molecule has 0 spiro atoms. The van der Waals surface area contributed by atoms with Gasteiger partial charge in [-0.25, -0.2) is 4.79 Å². The van der Waals surface area contributed by atoms with Gasteiger partial charge in [0, 0.05) is 11.1 Å². The third-order valence-corrected chi connectivity index (χ3v) is 4.31.